The Morgan fingerprint density at radius 3 is 1.64 bits per heavy atom. The molecule has 0 saturated heterocycles. The van der Waals surface area contributed by atoms with Gasteiger partial charge in [-0.25, -0.2) is 0 Å². The van der Waals surface area contributed by atoms with E-state index in [0.717, 1.165) is 6.54 Å². The summed E-state index contributed by atoms with van der Waals surface area (Å²) in [5.74, 6) is 1.31. The van der Waals surface area contributed by atoms with Gasteiger partial charge in [-0.15, -0.1) is 0 Å². The fourth-order valence-corrected chi connectivity index (χ4v) is 0.966. The zero-order chi connectivity index (χ0) is 9.02. The molecule has 0 rings (SSSR count). The van der Waals surface area contributed by atoms with Gasteiger partial charge in [0.05, 0.1) is 34.7 Å². The molecule has 0 aromatic rings. The molecule has 11 heavy (non-hydrogen) atoms. The first-order chi connectivity index (χ1) is 4.95. The average molecular weight is 158 g/mol. The molecule has 0 atom stereocenters. The molecule has 3 heteroatoms. The van der Waals surface area contributed by atoms with Crippen LogP contribution in [-0.4, -0.2) is 69.0 Å². The lowest BCUT2D eigenvalue weighted by atomic mass is 10.5. The van der Waals surface area contributed by atoms with E-state index >= 15 is 0 Å². The Morgan fingerprint density at radius 2 is 1.55 bits per heavy atom. The SMILES string of the molecule is CN(C)CC(N(C)C)=[N+](C)C. The van der Waals surface area contributed by atoms with Crippen LogP contribution in [-0.2, 0) is 0 Å². The van der Waals surface area contributed by atoms with Gasteiger partial charge in [0, 0.05) is 0 Å². The third-order valence-electron chi connectivity index (χ3n) is 1.49. The second kappa shape index (κ2) is 4.34. The number of nitrogens with zero attached hydrogens (tertiary/aromatic N) is 3. The van der Waals surface area contributed by atoms with Crippen LogP contribution in [0, 0.1) is 0 Å². The normalized spacial score (nSPS) is 10.1. The quantitative estimate of drug-likeness (QED) is 0.312. The van der Waals surface area contributed by atoms with E-state index in [1.165, 1.54) is 5.84 Å². The summed E-state index contributed by atoms with van der Waals surface area (Å²) in [7, 11) is 12.4. The molecule has 0 unspecified atom stereocenters. The Bertz CT molecular complexity index is 143. The molecule has 0 N–H and O–H groups in total. The van der Waals surface area contributed by atoms with Gasteiger partial charge in [-0.05, 0) is 14.1 Å². The molecule has 3 nitrogen and oxygen atoms in total. The lowest BCUT2D eigenvalue weighted by Crippen LogP contribution is -2.38. The molecule has 0 heterocycles. The Hall–Kier alpha value is -0.570. The van der Waals surface area contributed by atoms with Crippen LogP contribution in [0.2, 0.25) is 0 Å². The Balaban J connectivity index is 4.26. The van der Waals surface area contributed by atoms with Crippen molar-refractivity contribution >= 4 is 5.84 Å². The summed E-state index contributed by atoms with van der Waals surface area (Å²) in [5, 5.41) is 0. The van der Waals surface area contributed by atoms with Crippen molar-refractivity contribution < 1.29 is 4.58 Å². The number of hydrogen-bond acceptors (Lipinski definition) is 1. The molecule has 0 aliphatic carbocycles. The first-order valence-corrected chi connectivity index (χ1v) is 3.80. The van der Waals surface area contributed by atoms with Crippen molar-refractivity contribution in [1.29, 1.82) is 0 Å². The van der Waals surface area contributed by atoms with Gasteiger partial charge in [0.1, 0.15) is 0 Å². The van der Waals surface area contributed by atoms with E-state index in [0.29, 0.717) is 0 Å². The lowest BCUT2D eigenvalue weighted by molar-refractivity contribution is -0.471. The van der Waals surface area contributed by atoms with Crippen LogP contribution >= 0.6 is 0 Å². The monoisotopic (exact) mass is 158 g/mol. The third-order valence-corrected chi connectivity index (χ3v) is 1.49. The van der Waals surface area contributed by atoms with Crippen molar-refractivity contribution in [1.82, 2.24) is 9.80 Å². The van der Waals surface area contributed by atoms with Crippen LogP contribution in [0.3, 0.4) is 0 Å². The van der Waals surface area contributed by atoms with Crippen molar-refractivity contribution in [3.63, 3.8) is 0 Å². The smallest absolute Gasteiger partial charge is 0.260 e. The van der Waals surface area contributed by atoms with E-state index < -0.39 is 0 Å². The summed E-state index contributed by atoms with van der Waals surface area (Å²) >= 11 is 0. The fraction of sp³-hybridized carbons (Fsp3) is 0.875. The molecule has 0 radical (unpaired) electrons. The van der Waals surface area contributed by atoms with Gasteiger partial charge >= 0.3 is 0 Å². The average Bonchev–Trinajstić information content (AvgIpc) is 1.81. The minimum Gasteiger partial charge on any atom is -0.298 e. The summed E-state index contributed by atoms with van der Waals surface area (Å²) in [5.41, 5.74) is 0. The summed E-state index contributed by atoms with van der Waals surface area (Å²) in [4.78, 5) is 4.30. The van der Waals surface area contributed by atoms with Crippen molar-refractivity contribution in [2.45, 2.75) is 0 Å². The van der Waals surface area contributed by atoms with Gasteiger partial charge < -0.3 is 0 Å². The van der Waals surface area contributed by atoms with Gasteiger partial charge in [-0.2, -0.15) is 0 Å². The van der Waals surface area contributed by atoms with Crippen molar-refractivity contribution in [2.24, 2.45) is 0 Å². The maximum atomic E-state index is 2.16. The highest BCUT2D eigenvalue weighted by Crippen LogP contribution is 1.84. The van der Waals surface area contributed by atoms with Crippen LogP contribution in [0.15, 0.2) is 0 Å². The van der Waals surface area contributed by atoms with Gasteiger partial charge in [0.15, 0.2) is 0 Å². The largest absolute Gasteiger partial charge is 0.298 e. The molecule has 0 saturated carbocycles. The molecule has 0 aliphatic heterocycles. The minimum atomic E-state index is 0.986. The van der Waals surface area contributed by atoms with Crippen molar-refractivity contribution in [3.05, 3.63) is 0 Å². The predicted octanol–water partition coefficient (Wildman–Crippen LogP) is -0.220. The van der Waals surface area contributed by atoms with E-state index in [-0.39, 0.29) is 0 Å². The molecular formula is C8H20N3+. The molecule has 0 amide bonds. The first-order valence-electron chi connectivity index (χ1n) is 3.80. The third kappa shape index (κ3) is 3.98. The topological polar surface area (TPSA) is 9.49 Å². The van der Waals surface area contributed by atoms with Crippen molar-refractivity contribution in [2.75, 3.05) is 48.8 Å². The van der Waals surface area contributed by atoms with Crippen molar-refractivity contribution in [3.8, 4) is 0 Å². The Kier molecular flexibility index (Phi) is 4.11. The van der Waals surface area contributed by atoms with E-state index in [4.69, 9.17) is 0 Å². The van der Waals surface area contributed by atoms with Crippen LogP contribution < -0.4 is 0 Å². The van der Waals surface area contributed by atoms with Gasteiger partial charge in [0.25, 0.3) is 5.84 Å². The number of hydrogen-bond donors (Lipinski definition) is 0. The predicted molar refractivity (Wildman–Crippen MR) is 49.4 cm³/mol. The van der Waals surface area contributed by atoms with Crippen LogP contribution in [0.4, 0.5) is 0 Å². The zero-order valence-electron chi connectivity index (χ0n) is 8.55. The number of amidine groups is 1. The standard InChI is InChI=1S/C8H20N3/c1-9(2)7-8(10(3)4)11(5)6/h7H2,1-6H3/q+1. The van der Waals surface area contributed by atoms with E-state index in [1.807, 2.05) is 0 Å². The van der Waals surface area contributed by atoms with Crippen LogP contribution in [0.25, 0.3) is 0 Å². The van der Waals surface area contributed by atoms with Crippen LogP contribution in [0.1, 0.15) is 0 Å². The second-order valence-corrected chi connectivity index (χ2v) is 3.44. The molecule has 0 fully saturated rings. The number of likely N-dealkylation sites (N-methyl/N-ethyl adjacent to an activating group) is 2. The molecule has 0 spiro atoms. The molecule has 0 aliphatic rings. The van der Waals surface area contributed by atoms with E-state index in [9.17, 15) is 0 Å². The molecule has 66 valence electrons. The molecule has 0 aromatic heterocycles. The fourth-order valence-electron chi connectivity index (χ4n) is 0.966. The lowest BCUT2D eigenvalue weighted by Gasteiger charge is -2.15. The van der Waals surface area contributed by atoms with Gasteiger partial charge in [-0.1, -0.05) is 0 Å². The maximum Gasteiger partial charge on any atom is 0.260 e. The summed E-state index contributed by atoms with van der Waals surface area (Å²) in [6.45, 7) is 0.986. The summed E-state index contributed by atoms with van der Waals surface area (Å²) in [6, 6.07) is 0. The number of rotatable bonds is 2. The summed E-state index contributed by atoms with van der Waals surface area (Å²) in [6.07, 6.45) is 0. The zero-order valence-corrected chi connectivity index (χ0v) is 8.55. The van der Waals surface area contributed by atoms with Crippen LogP contribution in [0.5, 0.6) is 0 Å². The minimum absolute atomic E-state index is 0.986. The van der Waals surface area contributed by atoms with E-state index in [2.05, 4.69) is 56.7 Å². The highest BCUT2D eigenvalue weighted by atomic mass is 15.2. The molecule has 0 aromatic carbocycles. The first kappa shape index (κ1) is 10.4. The Morgan fingerprint density at radius 1 is 1.09 bits per heavy atom. The Labute approximate surface area is 69.9 Å². The highest BCUT2D eigenvalue weighted by Gasteiger charge is 2.11. The molecular weight excluding hydrogens is 138 g/mol. The van der Waals surface area contributed by atoms with E-state index in [1.54, 1.807) is 0 Å². The second-order valence-electron chi connectivity index (χ2n) is 3.44. The highest BCUT2D eigenvalue weighted by molar-refractivity contribution is 5.78. The molecule has 0 bridgehead atoms. The maximum absolute atomic E-state index is 2.16. The summed E-state index contributed by atoms with van der Waals surface area (Å²) < 4.78 is 2.14. The van der Waals surface area contributed by atoms with Gasteiger partial charge in [0.2, 0.25) is 0 Å². The van der Waals surface area contributed by atoms with Gasteiger partial charge in [-0.3, -0.25) is 14.4 Å².